The Morgan fingerprint density at radius 3 is 2.58 bits per heavy atom. The molecule has 3 aromatic carbocycles. The topological polar surface area (TPSA) is 89.5 Å². The van der Waals surface area contributed by atoms with Crippen LogP contribution in [0.15, 0.2) is 75.8 Å². The molecule has 0 bridgehead atoms. The molecule has 3 heterocycles. The van der Waals surface area contributed by atoms with Gasteiger partial charge in [0.25, 0.3) is 5.19 Å². The summed E-state index contributed by atoms with van der Waals surface area (Å²) in [7, 11) is 4.84. The maximum absolute atomic E-state index is 6.27. The van der Waals surface area contributed by atoms with Gasteiger partial charge in [0.15, 0.2) is 5.76 Å². The van der Waals surface area contributed by atoms with Crippen LogP contribution in [0.5, 0.6) is 28.2 Å². The van der Waals surface area contributed by atoms with Gasteiger partial charge in [-0.3, -0.25) is 0 Å². The van der Waals surface area contributed by atoms with Crippen LogP contribution in [0, 0.1) is 0 Å². The zero-order chi connectivity index (χ0) is 27.6. The molecule has 0 unspecified atom stereocenters. The molecule has 0 saturated carbocycles. The molecule has 6 aromatic rings. The lowest BCUT2D eigenvalue weighted by molar-refractivity contribution is 0.291. The molecule has 0 N–H and O–H groups in total. The average Bonchev–Trinajstić information content (AvgIpc) is 3.68. The van der Waals surface area contributed by atoms with Crippen molar-refractivity contribution in [3.05, 3.63) is 82.5 Å². The quantitative estimate of drug-likeness (QED) is 0.159. The van der Waals surface area contributed by atoms with Crippen LogP contribution < -0.4 is 23.7 Å². The average molecular weight is 622 g/mol. The second-order valence-corrected chi connectivity index (χ2v) is 10.6. The molecule has 0 atom stereocenters. The number of rotatable bonds is 10. The third-order valence-electron chi connectivity index (χ3n) is 6.19. The summed E-state index contributed by atoms with van der Waals surface area (Å²) in [5.41, 5.74) is 3.19. The molecule has 40 heavy (non-hydrogen) atoms. The number of imidazole rings is 1. The number of methoxy groups -OCH3 is 3. The lowest BCUT2D eigenvalue weighted by atomic mass is 10.2. The van der Waals surface area contributed by atoms with E-state index in [4.69, 9.17) is 28.1 Å². The lowest BCUT2D eigenvalue weighted by Crippen LogP contribution is -2.00. The minimum atomic E-state index is 0.324. The second-order valence-electron chi connectivity index (χ2n) is 8.75. The van der Waals surface area contributed by atoms with Gasteiger partial charge >= 0.3 is 0 Å². The molecule has 0 saturated heterocycles. The van der Waals surface area contributed by atoms with Gasteiger partial charge in [-0.05, 0) is 53.3 Å². The van der Waals surface area contributed by atoms with E-state index in [1.165, 1.54) is 11.3 Å². The number of halogens is 1. The van der Waals surface area contributed by atoms with Crippen LogP contribution in [-0.4, -0.2) is 35.9 Å². The molecule has 0 aliphatic rings. The predicted molar refractivity (Wildman–Crippen MR) is 155 cm³/mol. The molecule has 6 rings (SSSR count). The predicted octanol–water partition coefficient (Wildman–Crippen LogP) is 7.15. The fourth-order valence-electron chi connectivity index (χ4n) is 4.24. The summed E-state index contributed by atoms with van der Waals surface area (Å²) in [4.78, 5) is 5.34. The molecule has 0 amide bonds. The van der Waals surface area contributed by atoms with Gasteiger partial charge in [0.1, 0.15) is 47.5 Å². The molecule has 3 aromatic heterocycles. The maximum atomic E-state index is 6.27. The van der Waals surface area contributed by atoms with E-state index in [1.54, 1.807) is 32.0 Å². The molecule has 0 radical (unpaired) electrons. The van der Waals surface area contributed by atoms with Crippen molar-refractivity contribution in [2.24, 2.45) is 0 Å². The Morgan fingerprint density at radius 1 is 0.875 bits per heavy atom. The summed E-state index contributed by atoms with van der Waals surface area (Å²) in [6.45, 7) is 0.694. The van der Waals surface area contributed by atoms with Crippen LogP contribution in [0.25, 0.3) is 27.4 Å². The van der Waals surface area contributed by atoms with Gasteiger partial charge in [0.2, 0.25) is 4.96 Å². The van der Waals surface area contributed by atoms with Gasteiger partial charge in [0, 0.05) is 22.2 Å². The minimum Gasteiger partial charge on any atom is -0.496 e. The van der Waals surface area contributed by atoms with Crippen molar-refractivity contribution in [2.45, 2.75) is 13.2 Å². The smallest absolute Gasteiger partial charge is 0.294 e. The van der Waals surface area contributed by atoms with E-state index in [0.29, 0.717) is 51.9 Å². The number of furan rings is 1. The van der Waals surface area contributed by atoms with Crippen molar-refractivity contribution >= 4 is 43.2 Å². The zero-order valence-electron chi connectivity index (χ0n) is 21.8. The van der Waals surface area contributed by atoms with Crippen molar-refractivity contribution in [1.29, 1.82) is 0 Å². The van der Waals surface area contributed by atoms with Crippen LogP contribution in [-0.2, 0) is 13.2 Å². The summed E-state index contributed by atoms with van der Waals surface area (Å²) in [5.74, 6) is 3.37. The van der Waals surface area contributed by atoms with Gasteiger partial charge in [-0.1, -0.05) is 28.1 Å². The molecule has 0 aliphatic carbocycles. The number of benzene rings is 3. The number of ether oxygens (including phenoxy) is 5. The molecular formula is C29H24BrN3O6S. The molecule has 9 nitrogen and oxygen atoms in total. The summed E-state index contributed by atoms with van der Waals surface area (Å²) < 4.78 is 37.2. The Balaban J connectivity index is 1.21. The first-order valence-corrected chi connectivity index (χ1v) is 13.8. The van der Waals surface area contributed by atoms with E-state index in [1.807, 2.05) is 60.7 Å². The lowest BCUT2D eigenvalue weighted by Gasteiger charge is -2.12. The number of hydrogen-bond donors (Lipinski definition) is 0. The second kappa shape index (κ2) is 11.1. The Labute approximate surface area is 242 Å². The number of nitrogens with zero attached hydrogens (tertiary/aromatic N) is 3. The summed E-state index contributed by atoms with van der Waals surface area (Å²) in [6, 6.07) is 19.2. The van der Waals surface area contributed by atoms with Crippen LogP contribution >= 0.6 is 27.3 Å². The highest BCUT2D eigenvalue weighted by Crippen LogP contribution is 2.38. The van der Waals surface area contributed by atoms with Crippen molar-refractivity contribution in [3.63, 3.8) is 0 Å². The molecule has 0 aliphatic heterocycles. The van der Waals surface area contributed by atoms with Crippen molar-refractivity contribution in [3.8, 4) is 39.6 Å². The van der Waals surface area contributed by atoms with E-state index in [9.17, 15) is 0 Å². The van der Waals surface area contributed by atoms with Gasteiger partial charge in [-0.15, -0.1) is 5.10 Å². The van der Waals surface area contributed by atoms with Crippen LogP contribution in [0.1, 0.15) is 11.1 Å². The highest BCUT2D eigenvalue weighted by atomic mass is 79.9. The first-order valence-electron chi connectivity index (χ1n) is 12.2. The van der Waals surface area contributed by atoms with Crippen molar-refractivity contribution in [1.82, 2.24) is 14.6 Å². The minimum absolute atomic E-state index is 0.324. The van der Waals surface area contributed by atoms with Crippen LogP contribution in [0.2, 0.25) is 0 Å². The Kier molecular flexibility index (Phi) is 7.23. The highest BCUT2D eigenvalue weighted by Gasteiger charge is 2.17. The van der Waals surface area contributed by atoms with Gasteiger partial charge in [-0.2, -0.15) is 0 Å². The Bertz CT molecular complexity index is 1780. The Hall–Kier alpha value is -4.22. The molecular weight excluding hydrogens is 598 g/mol. The number of hydrogen-bond acceptors (Lipinski definition) is 9. The number of aromatic nitrogens is 3. The van der Waals surface area contributed by atoms with E-state index in [2.05, 4.69) is 26.0 Å². The van der Waals surface area contributed by atoms with Gasteiger partial charge in [0.05, 0.1) is 32.9 Å². The summed E-state index contributed by atoms with van der Waals surface area (Å²) in [5, 5.41) is 5.69. The van der Waals surface area contributed by atoms with Gasteiger partial charge < -0.3 is 28.1 Å². The first kappa shape index (κ1) is 26.0. The van der Waals surface area contributed by atoms with E-state index >= 15 is 0 Å². The summed E-state index contributed by atoms with van der Waals surface area (Å²) >= 11 is 4.86. The maximum Gasteiger partial charge on any atom is 0.294 e. The van der Waals surface area contributed by atoms with Crippen molar-refractivity contribution in [2.75, 3.05) is 21.3 Å². The van der Waals surface area contributed by atoms with E-state index in [0.717, 1.165) is 32.5 Å². The standard InChI is InChI=1S/C29H24BrN3O6S/c1-34-21-11-25(22-13-27(39-26(22)12-21)23-14-33-28(31-23)40-29(32-33)36-3)38-15-17-5-4-6-20(9-17)37-16-18-10-19(30)7-8-24(18)35-2/h4-14H,15-16H2,1-3H3. The number of fused-ring (bicyclic) bond motifs is 2. The summed E-state index contributed by atoms with van der Waals surface area (Å²) in [6.07, 6.45) is 1.80. The van der Waals surface area contributed by atoms with Crippen LogP contribution in [0.3, 0.4) is 0 Å². The molecule has 204 valence electrons. The molecule has 11 heteroatoms. The SMILES string of the molecule is COc1cc(OCc2cccc(OCc3cc(Br)ccc3OC)c2)c2cc(-c3cn4nc(OC)sc4n3)oc2c1. The molecule has 0 spiro atoms. The molecule has 0 fully saturated rings. The fourth-order valence-corrected chi connectivity index (χ4v) is 5.34. The zero-order valence-corrected chi connectivity index (χ0v) is 24.2. The highest BCUT2D eigenvalue weighted by molar-refractivity contribution is 9.10. The fraction of sp³-hybridized carbons (Fsp3) is 0.172. The first-order chi connectivity index (χ1) is 19.5. The van der Waals surface area contributed by atoms with Crippen molar-refractivity contribution < 1.29 is 28.1 Å². The monoisotopic (exact) mass is 621 g/mol. The normalized spacial score (nSPS) is 11.2. The van der Waals surface area contributed by atoms with Crippen LogP contribution in [0.4, 0.5) is 0 Å². The Morgan fingerprint density at radius 2 is 1.77 bits per heavy atom. The van der Waals surface area contributed by atoms with E-state index < -0.39 is 0 Å². The third-order valence-corrected chi connectivity index (χ3v) is 7.57. The third kappa shape index (κ3) is 5.30. The van der Waals surface area contributed by atoms with Gasteiger partial charge in [-0.25, -0.2) is 9.50 Å². The van der Waals surface area contributed by atoms with E-state index in [-0.39, 0.29) is 0 Å². The largest absolute Gasteiger partial charge is 0.496 e.